The number of nitrogens with zero attached hydrogens (tertiary/aromatic N) is 4. The Balaban J connectivity index is 1.34. The van der Waals surface area contributed by atoms with Gasteiger partial charge in [0.05, 0.1) is 24.3 Å². The van der Waals surface area contributed by atoms with E-state index < -0.39 is 0 Å². The highest BCUT2D eigenvalue weighted by Gasteiger charge is 2.34. The fraction of sp³-hybridized carbons (Fsp3) is 0.290. The van der Waals surface area contributed by atoms with E-state index in [1.54, 1.807) is 18.5 Å². The van der Waals surface area contributed by atoms with Gasteiger partial charge in [-0.2, -0.15) is 0 Å². The molecule has 0 bridgehead atoms. The molecule has 1 fully saturated rings. The molecule has 1 saturated heterocycles. The minimum absolute atomic E-state index is 0.0360. The second kappa shape index (κ2) is 11.6. The van der Waals surface area contributed by atoms with Crippen molar-refractivity contribution in [1.82, 2.24) is 14.5 Å². The Morgan fingerprint density at radius 1 is 1.03 bits per heavy atom. The molecule has 0 unspecified atom stereocenters. The molecule has 4 aromatic rings. The molecular formula is C31H33FN4O2. The summed E-state index contributed by atoms with van der Waals surface area (Å²) < 4.78 is 22.0. The van der Waals surface area contributed by atoms with Crippen LogP contribution in [0.3, 0.4) is 0 Å². The van der Waals surface area contributed by atoms with E-state index in [0.717, 1.165) is 41.1 Å². The quantitative estimate of drug-likeness (QED) is 0.268. The van der Waals surface area contributed by atoms with Crippen LogP contribution < -0.4 is 9.64 Å². The van der Waals surface area contributed by atoms with E-state index in [0.29, 0.717) is 31.9 Å². The second-order valence-corrected chi connectivity index (χ2v) is 9.88. The molecule has 1 aliphatic rings. The van der Waals surface area contributed by atoms with Crippen LogP contribution in [-0.2, 0) is 17.9 Å². The van der Waals surface area contributed by atoms with E-state index >= 15 is 0 Å². The zero-order valence-corrected chi connectivity index (χ0v) is 21.9. The number of aryl methyl sites for hydroxylation is 1. The number of amides is 1. The maximum atomic E-state index is 13.7. The van der Waals surface area contributed by atoms with Gasteiger partial charge in [0.1, 0.15) is 11.6 Å². The molecule has 38 heavy (non-hydrogen) atoms. The van der Waals surface area contributed by atoms with Gasteiger partial charge in [0, 0.05) is 31.9 Å². The molecule has 0 N–H and O–H groups in total. The lowest BCUT2D eigenvalue weighted by Crippen LogP contribution is -2.56. The molecule has 1 amide bonds. The average molecular weight is 513 g/mol. The van der Waals surface area contributed by atoms with Gasteiger partial charge in [0.15, 0.2) is 5.75 Å². The predicted octanol–water partition coefficient (Wildman–Crippen LogP) is 6.19. The molecule has 3 aromatic carbocycles. The van der Waals surface area contributed by atoms with E-state index in [-0.39, 0.29) is 17.8 Å². The highest BCUT2D eigenvalue weighted by Crippen LogP contribution is 2.34. The molecule has 0 saturated carbocycles. The van der Waals surface area contributed by atoms with E-state index in [4.69, 9.17) is 4.74 Å². The predicted molar refractivity (Wildman–Crippen MR) is 147 cm³/mol. The second-order valence-electron chi connectivity index (χ2n) is 9.88. The van der Waals surface area contributed by atoms with Crippen molar-refractivity contribution in [3.8, 4) is 11.5 Å². The summed E-state index contributed by atoms with van der Waals surface area (Å²) in [7, 11) is 0. The van der Waals surface area contributed by atoms with Gasteiger partial charge in [0.2, 0.25) is 5.91 Å². The van der Waals surface area contributed by atoms with Crippen LogP contribution in [0.25, 0.3) is 0 Å². The average Bonchev–Trinajstić information content (AvgIpc) is 3.32. The first-order valence-corrected chi connectivity index (χ1v) is 13.1. The van der Waals surface area contributed by atoms with Gasteiger partial charge >= 0.3 is 0 Å². The zero-order chi connectivity index (χ0) is 26.5. The zero-order valence-electron chi connectivity index (χ0n) is 21.9. The van der Waals surface area contributed by atoms with Crippen molar-refractivity contribution in [1.29, 1.82) is 0 Å². The lowest BCUT2D eigenvalue weighted by molar-refractivity contribution is -0.122. The summed E-state index contributed by atoms with van der Waals surface area (Å²) in [6, 6.07) is 22.5. The van der Waals surface area contributed by atoms with Crippen molar-refractivity contribution >= 4 is 11.6 Å². The maximum absolute atomic E-state index is 13.7. The number of benzene rings is 3. The topological polar surface area (TPSA) is 50.6 Å². The first kappa shape index (κ1) is 25.7. The molecule has 6 nitrogen and oxygen atoms in total. The molecule has 1 aliphatic heterocycles. The molecule has 0 radical (unpaired) electrons. The van der Waals surface area contributed by atoms with Crippen molar-refractivity contribution < 1.29 is 13.9 Å². The van der Waals surface area contributed by atoms with E-state index in [2.05, 4.69) is 16.8 Å². The van der Waals surface area contributed by atoms with E-state index in [9.17, 15) is 9.18 Å². The summed E-state index contributed by atoms with van der Waals surface area (Å²) in [6.45, 7) is 6.21. The fourth-order valence-corrected chi connectivity index (χ4v) is 5.08. The third-order valence-corrected chi connectivity index (χ3v) is 6.95. The molecular weight excluding hydrogens is 479 g/mol. The van der Waals surface area contributed by atoms with Gasteiger partial charge < -0.3 is 14.2 Å². The van der Waals surface area contributed by atoms with Crippen molar-refractivity contribution in [2.75, 3.05) is 18.0 Å². The number of carbonyl (C=O) groups is 1. The van der Waals surface area contributed by atoms with Gasteiger partial charge in [-0.3, -0.25) is 9.69 Å². The number of halogens is 1. The van der Waals surface area contributed by atoms with Gasteiger partial charge in [-0.05, 0) is 60.9 Å². The van der Waals surface area contributed by atoms with Gasteiger partial charge in [-0.1, -0.05) is 49.7 Å². The van der Waals surface area contributed by atoms with Crippen molar-refractivity contribution in [3.05, 3.63) is 108 Å². The summed E-state index contributed by atoms with van der Waals surface area (Å²) in [6.07, 6.45) is 5.58. The number of para-hydroxylation sites is 2. The molecule has 0 aliphatic carbocycles. The Morgan fingerprint density at radius 3 is 2.68 bits per heavy atom. The Bertz CT molecular complexity index is 1400. The van der Waals surface area contributed by atoms with Crippen LogP contribution in [0.5, 0.6) is 11.5 Å². The van der Waals surface area contributed by atoms with Crippen LogP contribution in [0.1, 0.15) is 36.6 Å². The first-order valence-electron chi connectivity index (χ1n) is 13.1. The Morgan fingerprint density at radius 2 is 1.87 bits per heavy atom. The third-order valence-electron chi connectivity index (χ3n) is 6.95. The molecule has 1 atom stereocenters. The number of piperazine rings is 1. The number of imidazole rings is 1. The molecule has 5 rings (SSSR count). The number of rotatable bonds is 9. The Labute approximate surface area is 223 Å². The van der Waals surface area contributed by atoms with E-state index in [1.165, 1.54) is 6.07 Å². The summed E-state index contributed by atoms with van der Waals surface area (Å²) in [4.78, 5) is 22.0. The van der Waals surface area contributed by atoms with Crippen LogP contribution in [0.2, 0.25) is 0 Å². The summed E-state index contributed by atoms with van der Waals surface area (Å²) in [5.74, 6) is 1.21. The van der Waals surface area contributed by atoms with Crippen LogP contribution in [0, 0.1) is 12.7 Å². The molecule has 0 spiro atoms. The normalized spacial score (nSPS) is 16.1. The number of hydrogen-bond acceptors (Lipinski definition) is 4. The van der Waals surface area contributed by atoms with Crippen LogP contribution in [0.4, 0.5) is 10.1 Å². The monoisotopic (exact) mass is 512 g/mol. The van der Waals surface area contributed by atoms with Gasteiger partial charge in [-0.25, -0.2) is 9.37 Å². The SMILES string of the molecule is CCC[C@H]1CN(c2ccccc2Oc2cccc(C)c2)C(=O)CN1Cc1cncn1Cc1cccc(F)c1. The van der Waals surface area contributed by atoms with Gasteiger partial charge in [0.25, 0.3) is 0 Å². The molecule has 196 valence electrons. The van der Waals surface area contributed by atoms with Gasteiger partial charge in [-0.15, -0.1) is 0 Å². The third kappa shape index (κ3) is 5.94. The van der Waals surface area contributed by atoms with Crippen molar-refractivity contribution in [3.63, 3.8) is 0 Å². The largest absolute Gasteiger partial charge is 0.455 e. The Hall–Kier alpha value is -3.97. The Kier molecular flexibility index (Phi) is 7.84. The smallest absolute Gasteiger partial charge is 0.241 e. The van der Waals surface area contributed by atoms with E-state index in [1.807, 2.05) is 77.2 Å². The summed E-state index contributed by atoms with van der Waals surface area (Å²) in [5, 5.41) is 0. The highest BCUT2D eigenvalue weighted by atomic mass is 19.1. The number of hydrogen-bond donors (Lipinski definition) is 0. The minimum Gasteiger partial charge on any atom is -0.455 e. The summed E-state index contributed by atoms with van der Waals surface area (Å²) >= 11 is 0. The number of carbonyl (C=O) groups excluding carboxylic acids is 1. The van der Waals surface area contributed by atoms with Crippen LogP contribution in [0.15, 0.2) is 85.3 Å². The number of ether oxygens (including phenoxy) is 1. The number of aromatic nitrogens is 2. The minimum atomic E-state index is -0.249. The lowest BCUT2D eigenvalue weighted by atomic mass is 10.0. The van der Waals surface area contributed by atoms with Crippen molar-refractivity contribution in [2.45, 2.75) is 45.8 Å². The molecule has 7 heteroatoms. The molecule has 2 heterocycles. The first-order chi connectivity index (χ1) is 18.5. The summed E-state index contributed by atoms with van der Waals surface area (Å²) in [5.41, 5.74) is 3.78. The fourth-order valence-electron chi connectivity index (χ4n) is 5.08. The van der Waals surface area contributed by atoms with Crippen molar-refractivity contribution in [2.24, 2.45) is 0 Å². The number of anilines is 1. The lowest BCUT2D eigenvalue weighted by Gasteiger charge is -2.41. The highest BCUT2D eigenvalue weighted by molar-refractivity contribution is 5.97. The molecule has 1 aromatic heterocycles. The standard InChI is InChI=1S/C31H33FN4O2/c1-3-8-26-20-36(29-13-4-5-14-30(29)38-28-12-6-9-23(2)15-28)31(37)21-34(26)19-27-17-33-22-35(27)18-24-10-7-11-25(32)16-24/h4-7,9-17,22,26H,3,8,18-21H2,1-2H3/t26-/m0/s1. The maximum Gasteiger partial charge on any atom is 0.241 e. The van der Waals surface area contributed by atoms with Crippen LogP contribution in [-0.4, -0.2) is 39.5 Å². The van der Waals surface area contributed by atoms with Crippen LogP contribution >= 0.6 is 0 Å².